The summed E-state index contributed by atoms with van der Waals surface area (Å²) in [5.41, 5.74) is 0.586. The minimum Gasteiger partial charge on any atom is -0.496 e. The Morgan fingerprint density at radius 2 is 1.81 bits per heavy atom. The largest absolute Gasteiger partial charge is 0.496 e. The van der Waals surface area contributed by atoms with Crippen molar-refractivity contribution in [3.63, 3.8) is 0 Å². The molecule has 10 heteroatoms. The summed E-state index contributed by atoms with van der Waals surface area (Å²) in [6.45, 7) is 5.23. The molecule has 0 unspecified atom stereocenters. The Labute approximate surface area is 184 Å². The van der Waals surface area contributed by atoms with Crippen molar-refractivity contribution in [1.82, 2.24) is 9.71 Å². The summed E-state index contributed by atoms with van der Waals surface area (Å²) in [7, 11) is -2.21. The predicted molar refractivity (Wildman–Crippen MR) is 119 cm³/mol. The number of nitrogens with zero attached hydrogens (tertiary/aromatic N) is 1. The van der Waals surface area contributed by atoms with E-state index >= 15 is 0 Å². The summed E-state index contributed by atoms with van der Waals surface area (Å²) >= 11 is 1.18. The second-order valence-electron chi connectivity index (χ2n) is 7.72. The van der Waals surface area contributed by atoms with E-state index in [1.807, 2.05) is 0 Å². The van der Waals surface area contributed by atoms with Gasteiger partial charge < -0.3 is 4.74 Å². The number of carbonyl (C=O) groups excluding carboxylic acids is 1. The Morgan fingerprint density at radius 3 is 2.42 bits per heavy atom. The second-order valence-corrected chi connectivity index (χ2v) is 10.3. The van der Waals surface area contributed by atoms with E-state index in [1.165, 1.54) is 60.9 Å². The number of amides is 1. The van der Waals surface area contributed by atoms with Gasteiger partial charge in [0.05, 0.1) is 17.7 Å². The maximum Gasteiger partial charge on any atom is 0.257 e. The lowest BCUT2D eigenvalue weighted by Gasteiger charge is -2.20. The summed E-state index contributed by atoms with van der Waals surface area (Å²) < 4.78 is 46.2. The Balaban J connectivity index is 1.75. The molecule has 0 saturated carbocycles. The van der Waals surface area contributed by atoms with Crippen LogP contribution in [0.15, 0.2) is 52.7 Å². The zero-order valence-corrected chi connectivity index (χ0v) is 19.0. The molecule has 0 fully saturated rings. The normalized spacial score (nSPS) is 11.9. The number of rotatable bonds is 6. The first kappa shape index (κ1) is 22.9. The number of methoxy groups -OCH3 is 1. The summed E-state index contributed by atoms with van der Waals surface area (Å²) in [5.74, 6) is -0.407. The Kier molecular flexibility index (Phi) is 6.44. The minimum atomic E-state index is -3.69. The van der Waals surface area contributed by atoms with Crippen LogP contribution in [0.25, 0.3) is 11.3 Å². The molecule has 0 saturated heterocycles. The molecule has 3 aromatic rings. The van der Waals surface area contributed by atoms with Crippen LogP contribution in [0.1, 0.15) is 31.1 Å². The maximum atomic E-state index is 13.6. The number of ether oxygens (including phenoxy) is 1. The number of carbonyl (C=O) groups is 1. The molecule has 1 amide bonds. The average molecular weight is 464 g/mol. The maximum absolute atomic E-state index is 13.6. The van der Waals surface area contributed by atoms with Crippen molar-refractivity contribution in [2.75, 3.05) is 12.4 Å². The number of hydrogen-bond acceptors (Lipinski definition) is 6. The molecule has 31 heavy (non-hydrogen) atoms. The zero-order valence-electron chi connectivity index (χ0n) is 17.4. The summed E-state index contributed by atoms with van der Waals surface area (Å²) in [6.07, 6.45) is 0. The number of hydrogen-bond donors (Lipinski definition) is 2. The fraction of sp³-hybridized carbons (Fsp3) is 0.238. The molecule has 164 valence electrons. The van der Waals surface area contributed by atoms with Gasteiger partial charge in [0.2, 0.25) is 10.0 Å². The van der Waals surface area contributed by atoms with E-state index in [2.05, 4.69) is 15.0 Å². The first-order chi connectivity index (χ1) is 14.5. The Hall–Kier alpha value is -2.82. The van der Waals surface area contributed by atoms with Gasteiger partial charge in [-0.05, 0) is 63.2 Å². The molecular formula is C21H22FN3O4S2. The van der Waals surface area contributed by atoms with E-state index < -0.39 is 27.3 Å². The van der Waals surface area contributed by atoms with Crippen LogP contribution in [0.3, 0.4) is 0 Å². The van der Waals surface area contributed by atoms with Crippen LogP contribution in [0.2, 0.25) is 0 Å². The molecule has 2 N–H and O–H groups in total. The number of halogens is 1. The van der Waals surface area contributed by atoms with Gasteiger partial charge in [-0.2, -0.15) is 0 Å². The lowest BCUT2D eigenvalue weighted by Crippen LogP contribution is -2.40. The van der Waals surface area contributed by atoms with E-state index in [9.17, 15) is 17.6 Å². The van der Waals surface area contributed by atoms with Gasteiger partial charge in [-0.1, -0.05) is 0 Å². The first-order valence-corrected chi connectivity index (χ1v) is 11.6. The highest BCUT2D eigenvalue weighted by Crippen LogP contribution is 2.33. The number of anilines is 1. The number of sulfonamides is 1. The summed E-state index contributed by atoms with van der Waals surface area (Å²) in [4.78, 5) is 16.9. The molecule has 1 heterocycles. The van der Waals surface area contributed by atoms with Crippen molar-refractivity contribution in [2.24, 2.45) is 0 Å². The van der Waals surface area contributed by atoms with Crippen LogP contribution >= 0.6 is 11.3 Å². The number of benzene rings is 2. The molecule has 3 rings (SSSR count). The second kappa shape index (κ2) is 8.74. The summed E-state index contributed by atoms with van der Waals surface area (Å²) in [6, 6.07) is 9.70. The molecular weight excluding hydrogens is 441 g/mol. The molecule has 0 aliphatic rings. The lowest BCUT2D eigenvalue weighted by molar-refractivity contribution is 0.102. The van der Waals surface area contributed by atoms with Gasteiger partial charge in [0.25, 0.3) is 5.91 Å². The minimum absolute atomic E-state index is 0.0636. The highest BCUT2D eigenvalue weighted by Gasteiger charge is 2.22. The van der Waals surface area contributed by atoms with Gasteiger partial charge in [-0.25, -0.2) is 22.5 Å². The first-order valence-electron chi connectivity index (χ1n) is 9.23. The number of aromatic nitrogens is 1. The average Bonchev–Trinajstić information content (AvgIpc) is 3.14. The molecule has 0 bridgehead atoms. The van der Waals surface area contributed by atoms with Gasteiger partial charge in [0.15, 0.2) is 5.13 Å². The van der Waals surface area contributed by atoms with Crippen molar-refractivity contribution < 1.29 is 22.3 Å². The fourth-order valence-corrected chi connectivity index (χ4v) is 4.88. The van der Waals surface area contributed by atoms with E-state index in [-0.39, 0.29) is 10.5 Å². The highest BCUT2D eigenvalue weighted by molar-refractivity contribution is 7.89. The van der Waals surface area contributed by atoms with Crippen LogP contribution in [0, 0.1) is 5.82 Å². The molecule has 1 aromatic heterocycles. The van der Waals surface area contributed by atoms with E-state index in [0.717, 1.165) is 0 Å². The van der Waals surface area contributed by atoms with E-state index in [1.54, 1.807) is 26.2 Å². The third-order valence-electron chi connectivity index (χ3n) is 4.03. The Morgan fingerprint density at radius 1 is 1.13 bits per heavy atom. The van der Waals surface area contributed by atoms with Crippen molar-refractivity contribution in [2.45, 2.75) is 31.2 Å². The smallest absolute Gasteiger partial charge is 0.257 e. The zero-order chi connectivity index (χ0) is 22.8. The number of thiazole rings is 1. The lowest BCUT2D eigenvalue weighted by atomic mass is 10.1. The van der Waals surface area contributed by atoms with Crippen LogP contribution in [-0.2, 0) is 10.0 Å². The van der Waals surface area contributed by atoms with Crippen LogP contribution < -0.4 is 14.8 Å². The SMILES string of the molecule is COc1ccc(F)cc1-c1csc(NC(=O)c2ccc(S(=O)(=O)NC(C)(C)C)cc2)n1. The van der Waals surface area contributed by atoms with Gasteiger partial charge in [-0.3, -0.25) is 10.1 Å². The molecule has 0 radical (unpaired) electrons. The van der Waals surface area contributed by atoms with Crippen molar-refractivity contribution in [3.8, 4) is 17.0 Å². The molecule has 0 spiro atoms. The molecule has 0 atom stereocenters. The van der Waals surface area contributed by atoms with Gasteiger partial charge in [-0.15, -0.1) is 11.3 Å². The molecule has 0 aliphatic heterocycles. The third kappa shape index (κ3) is 5.66. The third-order valence-corrected chi connectivity index (χ3v) is 6.56. The highest BCUT2D eigenvalue weighted by atomic mass is 32.2. The van der Waals surface area contributed by atoms with Gasteiger partial charge in [0, 0.05) is 22.0 Å². The van der Waals surface area contributed by atoms with Crippen molar-refractivity contribution in [1.29, 1.82) is 0 Å². The van der Waals surface area contributed by atoms with Gasteiger partial charge in [0.1, 0.15) is 11.6 Å². The molecule has 2 aromatic carbocycles. The number of nitrogens with one attached hydrogen (secondary N) is 2. The van der Waals surface area contributed by atoms with Crippen molar-refractivity contribution in [3.05, 3.63) is 59.2 Å². The summed E-state index contributed by atoms with van der Waals surface area (Å²) in [5, 5.41) is 4.66. The quantitative estimate of drug-likeness (QED) is 0.569. The fourth-order valence-electron chi connectivity index (χ4n) is 2.75. The molecule has 0 aliphatic carbocycles. The van der Waals surface area contributed by atoms with E-state index in [0.29, 0.717) is 22.1 Å². The molecule has 7 nitrogen and oxygen atoms in total. The van der Waals surface area contributed by atoms with Crippen molar-refractivity contribution >= 4 is 32.4 Å². The van der Waals surface area contributed by atoms with E-state index in [4.69, 9.17) is 4.74 Å². The van der Waals surface area contributed by atoms with Crippen LogP contribution in [0.5, 0.6) is 5.75 Å². The monoisotopic (exact) mass is 463 g/mol. The Bertz CT molecular complexity index is 1200. The topological polar surface area (TPSA) is 97.4 Å². The van der Waals surface area contributed by atoms with Crippen LogP contribution in [-0.4, -0.2) is 32.0 Å². The van der Waals surface area contributed by atoms with Gasteiger partial charge >= 0.3 is 0 Å². The predicted octanol–water partition coefficient (Wildman–Crippen LogP) is 4.29. The van der Waals surface area contributed by atoms with Crippen LogP contribution in [0.4, 0.5) is 9.52 Å². The standard InChI is InChI=1S/C21H22FN3O4S2/c1-21(2,3)25-31(27,28)15-8-5-13(6-9-15)19(26)24-20-23-17(12-30-20)16-11-14(22)7-10-18(16)29-4/h5-12,25H,1-4H3,(H,23,24,26).